The monoisotopic (exact) mass is 301 g/mol. The second kappa shape index (κ2) is 5.40. The van der Waals surface area contributed by atoms with E-state index in [2.05, 4.69) is 20.7 Å². The van der Waals surface area contributed by atoms with E-state index in [0.29, 0.717) is 17.3 Å². The zero-order valence-corrected chi connectivity index (χ0v) is 12.9. The van der Waals surface area contributed by atoms with Crippen molar-refractivity contribution in [1.29, 1.82) is 0 Å². The van der Waals surface area contributed by atoms with Crippen LogP contribution in [0.5, 0.6) is 0 Å². The van der Waals surface area contributed by atoms with Crippen molar-refractivity contribution in [2.45, 2.75) is 32.7 Å². The fourth-order valence-electron chi connectivity index (χ4n) is 2.42. The Balaban J connectivity index is 1.76. The summed E-state index contributed by atoms with van der Waals surface area (Å²) in [5.74, 6) is -0.443. The molecule has 1 saturated carbocycles. The van der Waals surface area contributed by atoms with Gasteiger partial charge in [-0.25, -0.2) is 4.98 Å². The summed E-state index contributed by atoms with van der Waals surface area (Å²) in [7, 11) is 1.82. The van der Waals surface area contributed by atoms with Crippen LogP contribution in [0.15, 0.2) is 6.07 Å². The number of aromatic nitrogens is 3. The minimum Gasteiger partial charge on any atom is -0.352 e. The third kappa shape index (κ3) is 2.79. The Morgan fingerprint density at radius 3 is 2.73 bits per heavy atom. The third-order valence-corrected chi connectivity index (χ3v) is 3.79. The number of rotatable bonds is 4. The molecule has 2 aromatic heterocycles. The molecule has 0 spiro atoms. The van der Waals surface area contributed by atoms with Gasteiger partial charge in [0.15, 0.2) is 5.65 Å². The van der Waals surface area contributed by atoms with Gasteiger partial charge in [-0.15, -0.1) is 0 Å². The number of hydrogen-bond donors (Lipinski definition) is 2. The highest BCUT2D eigenvalue weighted by Crippen LogP contribution is 2.19. The van der Waals surface area contributed by atoms with Crippen LogP contribution in [0, 0.1) is 13.8 Å². The Hall–Kier alpha value is -2.44. The first-order valence-corrected chi connectivity index (χ1v) is 7.34. The molecule has 2 heterocycles. The Kier molecular flexibility index (Phi) is 3.56. The van der Waals surface area contributed by atoms with Gasteiger partial charge in [-0.1, -0.05) is 0 Å². The molecule has 0 radical (unpaired) electrons. The van der Waals surface area contributed by atoms with Crippen LogP contribution >= 0.6 is 0 Å². The maximum absolute atomic E-state index is 12.3. The molecule has 7 nitrogen and oxygen atoms in total. The van der Waals surface area contributed by atoms with Crippen molar-refractivity contribution in [3.8, 4) is 0 Å². The molecule has 0 bridgehead atoms. The van der Waals surface area contributed by atoms with Crippen molar-refractivity contribution >= 4 is 22.8 Å². The summed E-state index contributed by atoms with van der Waals surface area (Å²) in [6, 6.07) is 2.08. The lowest BCUT2D eigenvalue weighted by Gasteiger charge is -2.08. The van der Waals surface area contributed by atoms with Crippen LogP contribution < -0.4 is 10.6 Å². The zero-order chi connectivity index (χ0) is 15.9. The van der Waals surface area contributed by atoms with Crippen LogP contribution in [0.25, 0.3) is 11.0 Å². The van der Waals surface area contributed by atoms with Crippen molar-refractivity contribution in [3.05, 3.63) is 23.0 Å². The first kappa shape index (κ1) is 14.5. The Morgan fingerprint density at radius 1 is 1.32 bits per heavy atom. The maximum atomic E-state index is 12.3. The van der Waals surface area contributed by atoms with E-state index in [9.17, 15) is 9.59 Å². The standard InChI is InChI=1S/C15H19N5O2/c1-8-12(6-11-9(2)19-20(3)14(11)17-8)15(22)16-7-13(21)18-10-4-5-10/h6,10H,4-5,7H2,1-3H3,(H,16,22)(H,18,21). The number of hydrogen-bond acceptors (Lipinski definition) is 4. The van der Waals surface area contributed by atoms with Crippen molar-refractivity contribution in [2.75, 3.05) is 6.54 Å². The highest BCUT2D eigenvalue weighted by atomic mass is 16.2. The number of nitrogens with one attached hydrogen (secondary N) is 2. The summed E-state index contributed by atoms with van der Waals surface area (Å²) in [4.78, 5) is 28.3. The number of carbonyl (C=O) groups is 2. The topological polar surface area (TPSA) is 88.9 Å². The van der Waals surface area contributed by atoms with E-state index < -0.39 is 0 Å². The molecule has 1 fully saturated rings. The largest absolute Gasteiger partial charge is 0.352 e. The van der Waals surface area contributed by atoms with Gasteiger partial charge in [0.25, 0.3) is 5.91 Å². The van der Waals surface area contributed by atoms with E-state index in [1.54, 1.807) is 17.7 Å². The van der Waals surface area contributed by atoms with Gasteiger partial charge in [0.1, 0.15) is 0 Å². The lowest BCUT2D eigenvalue weighted by Crippen LogP contribution is -2.38. The van der Waals surface area contributed by atoms with Crippen molar-refractivity contribution in [2.24, 2.45) is 7.05 Å². The van der Waals surface area contributed by atoms with E-state index in [-0.39, 0.29) is 18.4 Å². The van der Waals surface area contributed by atoms with Crippen molar-refractivity contribution in [1.82, 2.24) is 25.4 Å². The molecule has 0 aromatic carbocycles. The van der Waals surface area contributed by atoms with Crippen LogP contribution in [-0.2, 0) is 11.8 Å². The molecule has 0 aliphatic heterocycles. The van der Waals surface area contributed by atoms with Gasteiger partial charge < -0.3 is 10.6 Å². The minimum atomic E-state index is -0.291. The van der Waals surface area contributed by atoms with Crippen LogP contribution in [0.2, 0.25) is 0 Å². The van der Waals surface area contributed by atoms with Gasteiger partial charge in [0, 0.05) is 18.5 Å². The molecule has 0 unspecified atom stereocenters. The average Bonchev–Trinajstić information content (AvgIpc) is 3.23. The Bertz CT molecular complexity index is 761. The van der Waals surface area contributed by atoms with E-state index in [4.69, 9.17) is 0 Å². The summed E-state index contributed by atoms with van der Waals surface area (Å²) < 4.78 is 1.70. The molecular weight excluding hydrogens is 282 g/mol. The second-order valence-corrected chi connectivity index (χ2v) is 5.73. The maximum Gasteiger partial charge on any atom is 0.253 e. The van der Waals surface area contributed by atoms with Gasteiger partial charge >= 0.3 is 0 Å². The summed E-state index contributed by atoms with van der Waals surface area (Å²) >= 11 is 0. The van der Waals surface area contributed by atoms with Gasteiger partial charge in [-0.05, 0) is 32.8 Å². The molecule has 7 heteroatoms. The molecule has 2 aromatic rings. The first-order chi connectivity index (χ1) is 10.5. The predicted octanol–water partition coefficient (Wildman–Crippen LogP) is 0.594. The molecule has 22 heavy (non-hydrogen) atoms. The van der Waals surface area contributed by atoms with E-state index in [0.717, 1.165) is 29.6 Å². The number of aryl methyl sites for hydroxylation is 3. The molecule has 1 aliphatic carbocycles. The summed E-state index contributed by atoms with van der Waals surface area (Å²) in [5, 5.41) is 10.6. The summed E-state index contributed by atoms with van der Waals surface area (Å²) in [6.07, 6.45) is 2.05. The zero-order valence-electron chi connectivity index (χ0n) is 12.9. The van der Waals surface area contributed by atoms with Crippen molar-refractivity contribution in [3.63, 3.8) is 0 Å². The Morgan fingerprint density at radius 2 is 2.05 bits per heavy atom. The summed E-state index contributed by atoms with van der Waals surface area (Å²) in [6.45, 7) is 3.64. The van der Waals surface area contributed by atoms with E-state index >= 15 is 0 Å². The molecule has 1 aliphatic rings. The average molecular weight is 301 g/mol. The first-order valence-electron chi connectivity index (χ1n) is 7.34. The van der Waals surface area contributed by atoms with Crippen LogP contribution in [0.3, 0.4) is 0 Å². The van der Waals surface area contributed by atoms with Gasteiger partial charge in [0.05, 0.1) is 23.5 Å². The minimum absolute atomic E-state index is 0.0150. The lowest BCUT2D eigenvalue weighted by molar-refractivity contribution is -0.120. The van der Waals surface area contributed by atoms with Crippen LogP contribution in [0.4, 0.5) is 0 Å². The number of nitrogens with zero attached hydrogens (tertiary/aromatic N) is 3. The molecule has 0 saturated heterocycles. The molecule has 3 rings (SSSR count). The van der Waals surface area contributed by atoms with E-state index in [1.807, 2.05) is 14.0 Å². The Labute approximate surface area is 128 Å². The fraction of sp³-hybridized carbons (Fsp3) is 0.467. The normalized spacial score (nSPS) is 14.1. The number of pyridine rings is 1. The highest BCUT2D eigenvalue weighted by Gasteiger charge is 2.23. The third-order valence-electron chi connectivity index (χ3n) is 3.79. The molecule has 2 N–H and O–H groups in total. The number of amides is 2. The van der Waals surface area contributed by atoms with Gasteiger partial charge in [0.2, 0.25) is 5.91 Å². The second-order valence-electron chi connectivity index (χ2n) is 5.73. The number of fused-ring (bicyclic) bond motifs is 1. The lowest BCUT2D eigenvalue weighted by atomic mass is 10.1. The van der Waals surface area contributed by atoms with Crippen LogP contribution in [0.1, 0.15) is 34.6 Å². The van der Waals surface area contributed by atoms with Gasteiger partial charge in [-0.3, -0.25) is 14.3 Å². The smallest absolute Gasteiger partial charge is 0.253 e. The fourth-order valence-corrected chi connectivity index (χ4v) is 2.42. The molecule has 116 valence electrons. The quantitative estimate of drug-likeness (QED) is 0.865. The molecule has 2 amide bonds. The SMILES string of the molecule is Cc1nc2c(cc1C(=O)NCC(=O)NC1CC1)c(C)nn2C. The summed E-state index contributed by atoms with van der Waals surface area (Å²) in [5.41, 5.74) is 2.67. The van der Waals surface area contributed by atoms with E-state index in [1.165, 1.54) is 0 Å². The molecular formula is C15H19N5O2. The highest BCUT2D eigenvalue weighted by molar-refractivity contribution is 6.00. The molecule has 0 atom stereocenters. The van der Waals surface area contributed by atoms with Crippen molar-refractivity contribution < 1.29 is 9.59 Å². The predicted molar refractivity (Wildman–Crippen MR) is 81.5 cm³/mol. The van der Waals surface area contributed by atoms with Gasteiger partial charge in [-0.2, -0.15) is 5.10 Å². The van der Waals surface area contributed by atoms with Crippen LogP contribution in [-0.4, -0.2) is 39.2 Å². The number of carbonyl (C=O) groups excluding carboxylic acids is 2.